The topological polar surface area (TPSA) is 81.6 Å². The molecule has 2 rings (SSSR count). The smallest absolute Gasteiger partial charge is 0.240 e. The lowest BCUT2D eigenvalue weighted by Gasteiger charge is -2.26. The van der Waals surface area contributed by atoms with E-state index < -0.39 is 17.8 Å². The minimum Gasteiger partial charge on any atom is -0.488 e. The molecule has 0 aromatic heterocycles. The first kappa shape index (κ1) is 14.4. The van der Waals surface area contributed by atoms with Crippen LogP contribution >= 0.6 is 0 Å². The van der Waals surface area contributed by atoms with Crippen molar-refractivity contribution < 1.29 is 13.9 Å². The number of benzene rings is 1. The molecular weight excluding hydrogens is 261 g/mol. The van der Waals surface area contributed by atoms with E-state index in [2.05, 4.69) is 0 Å². The number of carbonyl (C=O) groups is 1. The van der Waals surface area contributed by atoms with Crippen molar-refractivity contribution in [1.29, 1.82) is 0 Å². The van der Waals surface area contributed by atoms with Gasteiger partial charge in [-0.3, -0.25) is 4.79 Å². The van der Waals surface area contributed by atoms with Crippen molar-refractivity contribution in [2.45, 2.75) is 38.8 Å². The monoisotopic (exact) mass is 281 g/mol. The summed E-state index contributed by atoms with van der Waals surface area (Å²) < 4.78 is 19.2. The summed E-state index contributed by atoms with van der Waals surface area (Å²) in [5.74, 6) is -0.758. The zero-order chi connectivity index (χ0) is 14.9. The highest BCUT2D eigenvalue weighted by Crippen LogP contribution is 2.35. The highest BCUT2D eigenvalue weighted by atomic mass is 19.1. The van der Waals surface area contributed by atoms with Gasteiger partial charge >= 0.3 is 0 Å². The number of primary amides is 1. The van der Waals surface area contributed by atoms with Crippen molar-refractivity contribution in [3.63, 3.8) is 0 Å². The maximum atomic E-state index is 13.8. The first-order chi connectivity index (χ1) is 9.40. The number of hydrogen-bond donors (Lipinski definition) is 2. The number of halogens is 1. The van der Waals surface area contributed by atoms with E-state index in [0.29, 0.717) is 18.7 Å². The molecule has 6 heteroatoms. The molecule has 0 aliphatic carbocycles. The normalized spacial score (nSPS) is 18.6. The van der Waals surface area contributed by atoms with Crippen molar-refractivity contribution >= 4 is 17.3 Å². The lowest BCUT2D eigenvalue weighted by Crippen LogP contribution is -2.40. The summed E-state index contributed by atoms with van der Waals surface area (Å²) in [6.07, 6.45) is 1.39. The van der Waals surface area contributed by atoms with Crippen LogP contribution in [0.5, 0.6) is 5.75 Å². The highest BCUT2D eigenvalue weighted by molar-refractivity contribution is 5.86. The molecule has 1 amide bonds. The minimum absolute atomic E-state index is 0.138. The van der Waals surface area contributed by atoms with Crippen molar-refractivity contribution in [2.24, 2.45) is 5.73 Å². The van der Waals surface area contributed by atoms with E-state index in [1.807, 2.05) is 18.7 Å². The molecule has 1 fully saturated rings. The van der Waals surface area contributed by atoms with Gasteiger partial charge in [-0.05, 0) is 26.7 Å². The molecule has 1 heterocycles. The molecule has 110 valence electrons. The molecule has 0 saturated carbocycles. The average molecular weight is 281 g/mol. The van der Waals surface area contributed by atoms with Gasteiger partial charge in [0.15, 0.2) is 11.6 Å². The third-order valence-corrected chi connectivity index (χ3v) is 3.33. The van der Waals surface area contributed by atoms with E-state index in [0.717, 1.165) is 6.42 Å². The van der Waals surface area contributed by atoms with E-state index in [9.17, 15) is 9.18 Å². The fourth-order valence-corrected chi connectivity index (χ4v) is 2.50. The Morgan fingerprint density at radius 3 is 2.80 bits per heavy atom. The van der Waals surface area contributed by atoms with Crippen LogP contribution < -0.4 is 21.1 Å². The zero-order valence-electron chi connectivity index (χ0n) is 11.7. The number of carbonyl (C=O) groups excluding carboxylic acids is 1. The Hall–Kier alpha value is -1.98. The molecule has 0 spiro atoms. The Morgan fingerprint density at radius 2 is 2.20 bits per heavy atom. The number of nitrogen functional groups attached to an aromatic ring is 1. The summed E-state index contributed by atoms with van der Waals surface area (Å²) in [5, 5.41) is 0. The zero-order valence-corrected chi connectivity index (χ0v) is 11.7. The van der Waals surface area contributed by atoms with Gasteiger partial charge in [0.2, 0.25) is 5.91 Å². The molecule has 1 aliphatic heterocycles. The van der Waals surface area contributed by atoms with Gasteiger partial charge in [-0.25, -0.2) is 4.39 Å². The first-order valence-electron chi connectivity index (χ1n) is 6.71. The third kappa shape index (κ3) is 2.79. The summed E-state index contributed by atoms with van der Waals surface area (Å²) >= 11 is 0. The molecule has 1 aromatic rings. The van der Waals surface area contributed by atoms with E-state index >= 15 is 0 Å². The predicted molar refractivity (Wildman–Crippen MR) is 76.1 cm³/mol. The Balaban J connectivity index is 2.38. The van der Waals surface area contributed by atoms with E-state index in [-0.39, 0.29) is 17.5 Å². The van der Waals surface area contributed by atoms with Gasteiger partial charge < -0.3 is 21.1 Å². The van der Waals surface area contributed by atoms with Crippen LogP contribution in [0.1, 0.15) is 26.7 Å². The van der Waals surface area contributed by atoms with Crippen molar-refractivity contribution in [2.75, 3.05) is 17.2 Å². The minimum atomic E-state index is -0.505. The van der Waals surface area contributed by atoms with Crippen molar-refractivity contribution in [3.8, 4) is 5.75 Å². The summed E-state index contributed by atoms with van der Waals surface area (Å²) in [7, 11) is 0. The average Bonchev–Trinajstić information content (AvgIpc) is 2.81. The van der Waals surface area contributed by atoms with Crippen LogP contribution in [0.15, 0.2) is 12.1 Å². The van der Waals surface area contributed by atoms with Gasteiger partial charge in [-0.2, -0.15) is 0 Å². The fraction of sp³-hybridized carbons (Fsp3) is 0.500. The summed E-state index contributed by atoms with van der Waals surface area (Å²) in [6.45, 7) is 4.31. The predicted octanol–water partition coefficient (Wildman–Crippen LogP) is 1.65. The van der Waals surface area contributed by atoms with E-state index in [1.54, 1.807) is 6.07 Å². The standard InChI is InChI=1S/C14H20FN3O2/c1-8(2)20-13-7-12(10(16)6-9(13)15)18-5-3-4-11(18)14(17)19/h6-8,11H,3-5,16H2,1-2H3,(H2,17,19). The Morgan fingerprint density at radius 1 is 1.50 bits per heavy atom. The van der Waals surface area contributed by atoms with Crippen molar-refractivity contribution in [3.05, 3.63) is 17.9 Å². The number of rotatable bonds is 4. The summed E-state index contributed by atoms with van der Waals surface area (Å²) in [5.41, 5.74) is 12.2. The van der Waals surface area contributed by atoms with Gasteiger partial charge in [0.05, 0.1) is 17.5 Å². The molecule has 5 nitrogen and oxygen atoms in total. The maximum Gasteiger partial charge on any atom is 0.240 e. The number of nitrogens with zero attached hydrogens (tertiary/aromatic N) is 1. The molecule has 0 radical (unpaired) electrons. The van der Waals surface area contributed by atoms with Crippen LogP contribution in [-0.4, -0.2) is 24.6 Å². The number of anilines is 2. The fourth-order valence-electron chi connectivity index (χ4n) is 2.50. The third-order valence-electron chi connectivity index (χ3n) is 3.33. The molecule has 1 atom stereocenters. The molecule has 1 aliphatic rings. The maximum absolute atomic E-state index is 13.8. The van der Waals surface area contributed by atoms with Crippen molar-refractivity contribution in [1.82, 2.24) is 0 Å². The SMILES string of the molecule is CC(C)Oc1cc(N2CCCC2C(N)=O)c(N)cc1F. The Kier molecular flexibility index (Phi) is 4.01. The van der Waals surface area contributed by atoms with E-state index in [1.165, 1.54) is 6.07 Å². The molecule has 0 bridgehead atoms. The molecule has 1 unspecified atom stereocenters. The second kappa shape index (κ2) is 5.56. The van der Waals surface area contributed by atoms with Crippen LogP contribution in [-0.2, 0) is 4.79 Å². The Labute approximate surface area is 117 Å². The van der Waals surface area contributed by atoms with Gasteiger partial charge in [0, 0.05) is 18.7 Å². The summed E-state index contributed by atoms with van der Waals surface area (Å²) in [4.78, 5) is 13.3. The second-order valence-electron chi connectivity index (χ2n) is 5.26. The summed E-state index contributed by atoms with van der Waals surface area (Å²) in [6, 6.07) is 2.38. The highest BCUT2D eigenvalue weighted by Gasteiger charge is 2.31. The molecular formula is C14H20FN3O2. The van der Waals surface area contributed by atoms with Crippen LogP contribution in [0, 0.1) is 5.82 Å². The van der Waals surface area contributed by atoms with Gasteiger partial charge in [0.1, 0.15) is 6.04 Å². The molecule has 1 saturated heterocycles. The number of hydrogen-bond acceptors (Lipinski definition) is 4. The number of nitrogens with two attached hydrogens (primary N) is 2. The van der Waals surface area contributed by atoms with Crippen LogP contribution in [0.3, 0.4) is 0 Å². The Bertz CT molecular complexity index is 519. The quantitative estimate of drug-likeness (QED) is 0.822. The van der Waals surface area contributed by atoms with Gasteiger partial charge in [-0.15, -0.1) is 0 Å². The lowest BCUT2D eigenvalue weighted by molar-refractivity contribution is -0.119. The van der Waals surface area contributed by atoms with Crippen LogP contribution in [0.2, 0.25) is 0 Å². The lowest BCUT2D eigenvalue weighted by atomic mass is 10.1. The largest absolute Gasteiger partial charge is 0.488 e. The van der Waals surface area contributed by atoms with Crippen LogP contribution in [0.4, 0.5) is 15.8 Å². The number of amides is 1. The number of ether oxygens (including phenoxy) is 1. The first-order valence-corrected chi connectivity index (χ1v) is 6.71. The molecule has 4 N–H and O–H groups in total. The van der Waals surface area contributed by atoms with Gasteiger partial charge in [-0.1, -0.05) is 0 Å². The molecule has 20 heavy (non-hydrogen) atoms. The van der Waals surface area contributed by atoms with E-state index in [4.69, 9.17) is 16.2 Å². The second-order valence-corrected chi connectivity index (χ2v) is 5.26. The van der Waals surface area contributed by atoms with Crippen LogP contribution in [0.25, 0.3) is 0 Å². The van der Waals surface area contributed by atoms with Gasteiger partial charge in [0.25, 0.3) is 0 Å². The molecule has 1 aromatic carbocycles.